The Bertz CT molecular complexity index is 2540. The van der Waals surface area contributed by atoms with E-state index in [0.717, 1.165) is 42.0 Å². The highest BCUT2D eigenvalue weighted by Gasteiger charge is 2.29. The molecule has 19 nitrogen and oxygen atoms in total. The summed E-state index contributed by atoms with van der Waals surface area (Å²) < 4.78 is 33.6. The van der Waals surface area contributed by atoms with Gasteiger partial charge in [0.15, 0.2) is 11.5 Å². The van der Waals surface area contributed by atoms with Crippen molar-refractivity contribution in [3.63, 3.8) is 0 Å². The largest absolute Gasteiger partial charge is 0.493 e. The highest BCUT2D eigenvalue weighted by Crippen LogP contribution is 2.35. The van der Waals surface area contributed by atoms with Crippen LogP contribution in [0.4, 0.5) is 26.4 Å². The van der Waals surface area contributed by atoms with E-state index >= 15 is 0 Å². The van der Waals surface area contributed by atoms with Crippen molar-refractivity contribution in [1.82, 2.24) is 30.7 Å². The number of anilines is 3. The summed E-state index contributed by atoms with van der Waals surface area (Å²) in [6, 6.07) is 12.5. The number of unbranched alkanes of at least 4 members (excludes halogenated alkanes) is 2. The first-order valence-electron chi connectivity index (χ1n) is 23.8. The van der Waals surface area contributed by atoms with E-state index < -0.39 is 35.7 Å². The van der Waals surface area contributed by atoms with Crippen LogP contribution >= 0.6 is 11.6 Å². The third-order valence-electron chi connectivity index (χ3n) is 12.0. The fourth-order valence-corrected chi connectivity index (χ4v) is 8.25. The van der Waals surface area contributed by atoms with Gasteiger partial charge in [-0.2, -0.15) is 0 Å². The van der Waals surface area contributed by atoms with Gasteiger partial charge in [0, 0.05) is 74.8 Å². The molecule has 3 aromatic carbocycles. The van der Waals surface area contributed by atoms with Gasteiger partial charge in [0.05, 0.1) is 37.3 Å². The Morgan fingerprint density at radius 3 is 2.31 bits per heavy atom. The Hall–Kier alpha value is -6.90. The van der Waals surface area contributed by atoms with Gasteiger partial charge in [-0.3, -0.25) is 33.8 Å². The summed E-state index contributed by atoms with van der Waals surface area (Å²) in [5.74, 6) is -1.47. The van der Waals surface area contributed by atoms with Crippen molar-refractivity contribution in [2.45, 2.75) is 77.4 Å². The van der Waals surface area contributed by atoms with E-state index in [1.165, 1.54) is 24.3 Å². The number of imide groups is 1. The number of hydrogen-bond acceptors (Lipinski definition) is 12. The first-order valence-corrected chi connectivity index (χ1v) is 24.2. The third kappa shape index (κ3) is 15.8. The lowest BCUT2D eigenvalue weighted by molar-refractivity contribution is -0.665. The molecule has 0 spiro atoms. The van der Waals surface area contributed by atoms with Gasteiger partial charge < -0.3 is 46.5 Å². The molecule has 2 aliphatic heterocycles. The molecule has 6 rings (SSSR count). The molecule has 0 radical (unpaired) electrons. The van der Waals surface area contributed by atoms with Gasteiger partial charge in [-0.15, -0.1) is 0 Å². The second kappa shape index (κ2) is 26.3. The molecule has 71 heavy (non-hydrogen) atoms. The number of aromatic nitrogens is 2. The van der Waals surface area contributed by atoms with Gasteiger partial charge in [-0.05, 0) is 78.9 Å². The molecule has 1 fully saturated rings. The second-order valence-electron chi connectivity index (χ2n) is 17.6. The van der Waals surface area contributed by atoms with Crippen molar-refractivity contribution in [3.8, 4) is 11.5 Å². The average molecular weight is 1000 g/mol. The summed E-state index contributed by atoms with van der Waals surface area (Å²) in [5, 5.41) is 14.9. The van der Waals surface area contributed by atoms with E-state index in [4.69, 9.17) is 36.5 Å². The van der Waals surface area contributed by atoms with Crippen molar-refractivity contribution in [1.29, 1.82) is 0 Å². The first-order chi connectivity index (χ1) is 34.2. The van der Waals surface area contributed by atoms with E-state index in [-0.39, 0.29) is 54.6 Å². The zero-order valence-electron chi connectivity index (χ0n) is 40.3. The van der Waals surface area contributed by atoms with Gasteiger partial charge in [-0.1, -0.05) is 44.0 Å². The summed E-state index contributed by atoms with van der Waals surface area (Å²) >= 11 is 6.12. The number of methoxy groups -OCH3 is 1. The van der Waals surface area contributed by atoms with Crippen LogP contribution in [0, 0.1) is 11.7 Å². The maximum atomic E-state index is 14.1. The molecule has 7 amide bonds. The van der Waals surface area contributed by atoms with E-state index in [1.54, 1.807) is 45.5 Å². The summed E-state index contributed by atoms with van der Waals surface area (Å²) in [5.41, 5.74) is 7.84. The number of hydrogen-bond donors (Lipinski definition) is 6. The number of carbonyl (C=O) groups excluding carboxylic acids is 6. The minimum Gasteiger partial charge on any atom is -0.493 e. The Morgan fingerprint density at radius 2 is 1.62 bits per heavy atom. The average Bonchev–Trinajstić information content (AvgIpc) is 3.67. The molecular weight excluding hydrogens is 939 g/mol. The summed E-state index contributed by atoms with van der Waals surface area (Å²) in [6.45, 7) is 8.86. The van der Waals surface area contributed by atoms with Crippen LogP contribution in [0.25, 0.3) is 10.9 Å². The SMILES string of the molecule is COc1cc2c(cc1OCCCN1CCOCC1)c(Nc1ccc(F)c(Cl)c1)nc[n+]2Cc1ccc(NC(=O)C(CCCNC(N)=O)NC(=O)C(NC(=O)CCCCCN2C(=O)C=CC2=O)C(C)C)cc1. The zero-order valence-corrected chi connectivity index (χ0v) is 41.0. The predicted octanol–water partition coefficient (Wildman–Crippen LogP) is 4.71. The molecule has 3 heterocycles. The second-order valence-corrected chi connectivity index (χ2v) is 18.0. The molecule has 2 atom stereocenters. The molecule has 0 aliphatic carbocycles. The fourth-order valence-electron chi connectivity index (χ4n) is 8.07. The molecule has 2 unspecified atom stereocenters. The number of nitrogens with two attached hydrogens (primary N) is 1. The zero-order chi connectivity index (χ0) is 50.9. The molecule has 4 aromatic rings. The minimum atomic E-state index is -1.04. The number of morpholine rings is 1. The topological polar surface area (TPSA) is 240 Å². The Morgan fingerprint density at radius 1 is 0.887 bits per heavy atom. The standard InChI is InChI=1S/C50H62ClFN10O9/c1-32(2)46(59-43(63)10-5-4-6-21-62-44(64)17-18-45(62)65)49(67)58-39(9-7-19-54-50(53)68)48(66)57-34-13-11-33(12-14-34)30-61-31-55-47(56-35-15-16-38(52)37(51)27-35)36-28-42(41(69-3)29-40(36)61)71-24-8-20-60-22-25-70-26-23-60/h11-18,27-29,31-32,39,46H,4-10,19-26,30H2,1-3H3,(H6,53,54,57,58,59,63,66,67,68)/p+1. The molecule has 380 valence electrons. The Kier molecular flexibility index (Phi) is 19.8. The van der Waals surface area contributed by atoms with E-state index in [2.05, 4.69) is 31.5 Å². The maximum absolute atomic E-state index is 14.1. The predicted molar refractivity (Wildman–Crippen MR) is 265 cm³/mol. The monoisotopic (exact) mass is 1000 g/mol. The molecule has 7 N–H and O–H groups in total. The number of nitrogens with zero attached hydrogens (tertiary/aromatic N) is 4. The van der Waals surface area contributed by atoms with Gasteiger partial charge >= 0.3 is 6.03 Å². The van der Waals surface area contributed by atoms with Crippen molar-refractivity contribution in [3.05, 3.63) is 89.5 Å². The number of carbonyl (C=O) groups is 6. The maximum Gasteiger partial charge on any atom is 0.312 e. The highest BCUT2D eigenvalue weighted by atomic mass is 35.5. The normalized spacial score (nSPS) is 14.6. The molecule has 1 aromatic heterocycles. The number of fused-ring (bicyclic) bond motifs is 1. The van der Waals surface area contributed by atoms with Crippen LogP contribution in [0.3, 0.4) is 0 Å². The van der Waals surface area contributed by atoms with Crippen LogP contribution in [0.5, 0.6) is 11.5 Å². The Labute approximate surface area is 417 Å². The number of amides is 7. The fraction of sp³-hybridized carbons (Fsp3) is 0.440. The van der Waals surface area contributed by atoms with Crippen LogP contribution in [0.1, 0.15) is 64.4 Å². The minimum absolute atomic E-state index is 0.0392. The molecular formula is C50H63ClFN10O9+. The molecule has 0 bridgehead atoms. The number of nitrogens with one attached hydrogen (secondary N) is 5. The number of halogens is 2. The number of primary amides is 1. The smallest absolute Gasteiger partial charge is 0.312 e. The lowest BCUT2D eigenvalue weighted by Gasteiger charge is -2.26. The van der Waals surface area contributed by atoms with Crippen LogP contribution in [0.2, 0.25) is 5.02 Å². The number of rotatable bonds is 26. The number of benzene rings is 3. The van der Waals surface area contributed by atoms with Crippen LogP contribution in [0.15, 0.2) is 73.1 Å². The van der Waals surface area contributed by atoms with Gasteiger partial charge in [-0.25, -0.2) is 13.8 Å². The van der Waals surface area contributed by atoms with Crippen LogP contribution < -0.4 is 46.4 Å². The summed E-state index contributed by atoms with van der Waals surface area (Å²) in [6.07, 6.45) is 7.10. The lowest BCUT2D eigenvalue weighted by Crippen LogP contribution is -2.54. The van der Waals surface area contributed by atoms with E-state index in [0.29, 0.717) is 86.1 Å². The van der Waals surface area contributed by atoms with Crippen LogP contribution in [-0.4, -0.2) is 122 Å². The lowest BCUT2D eigenvalue weighted by atomic mass is 10.0. The third-order valence-corrected chi connectivity index (χ3v) is 12.3. The van der Waals surface area contributed by atoms with Crippen molar-refractivity contribution in [2.24, 2.45) is 11.7 Å². The van der Waals surface area contributed by atoms with E-state index in [9.17, 15) is 33.2 Å². The van der Waals surface area contributed by atoms with Crippen molar-refractivity contribution < 1.29 is 51.9 Å². The van der Waals surface area contributed by atoms with E-state index in [1.807, 2.05) is 28.8 Å². The summed E-state index contributed by atoms with van der Waals surface area (Å²) in [7, 11) is 1.58. The number of urea groups is 1. The van der Waals surface area contributed by atoms with Gasteiger partial charge in [0.2, 0.25) is 17.7 Å². The quantitative estimate of drug-likeness (QED) is 0.0285. The highest BCUT2D eigenvalue weighted by molar-refractivity contribution is 6.31. The van der Waals surface area contributed by atoms with Crippen molar-refractivity contribution >= 4 is 75.3 Å². The number of ether oxygens (including phenoxy) is 3. The first kappa shape index (κ1) is 53.5. The van der Waals surface area contributed by atoms with Crippen molar-refractivity contribution in [2.75, 3.05) is 70.3 Å². The molecule has 0 saturated carbocycles. The Balaban J connectivity index is 1.12. The van der Waals surface area contributed by atoms with Gasteiger partial charge in [0.1, 0.15) is 30.0 Å². The summed E-state index contributed by atoms with van der Waals surface area (Å²) in [4.78, 5) is 83.7. The van der Waals surface area contributed by atoms with Gasteiger partial charge in [0.25, 0.3) is 24.0 Å². The van der Waals surface area contributed by atoms with Crippen LogP contribution in [-0.2, 0) is 35.3 Å². The molecule has 21 heteroatoms. The molecule has 2 aliphatic rings. The molecule has 1 saturated heterocycles.